The van der Waals surface area contributed by atoms with Gasteiger partial charge in [0.05, 0.1) is 23.5 Å². The number of rotatable bonds is 7. The van der Waals surface area contributed by atoms with Crippen LogP contribution >= 0.6 is 22.7 Å². The molecule has 0 unspecified atom stereocenters. The lowest BCUT2D eigenvalue weighted by molar-refractivity contribution is -0.148. The van der Waals surface area contributed by atoms with Crippen molar-refractivity contribution < 1.29 is 19.1 Å². The summed E-state index contributed by atoms with van der Waals surface area (Å²) in [6.07, 6.45) is 0.00574. The van der Waals surface area contributed by atoms with Crippen molar-refractivity contribution in [3.05, 3.63) is 28.6 Å². The summed E-state index contributed by atoms with van der Waals surface area (Å²) in [7, 11) is 3.18. The zero-order valence-corrected chi connectivity index (χ0v) is 14.9. The molecule has 0 aromatic carbocycles. The van der Waals surface area contributed by atoms with E-state index in [1.165, 1.54) is 16.2 Å². The third-order valence-electron chi connectivity index (χ3n) is 2.91. The van der Waals surface area contributed by atoms with Crippen LogP contribution in [0, 0.1) is 0 Å². The minimum Gasteiger partial charge on any atom is -0.455 e. The van der Waals surface area contributed by atoms with Crippen LogP contribution in [0.3, 0.4) is 0 Å². The summed E-state index contributed by atoms with van der Waals surface area (Å²) in [5.41, 5.74) is 0.608. The molecule has 2 amide bonds. The highest BCUT2D eigenvalue weighted by Crippen LogP contribution is 2.27. The van der Waals surface area contributed by atoms with Gasteiger partial charge in [0.15, 0.2) is 6.61 Å². The van der Waals surface area contributed by atoms with Crippen molar-refractivity contribution in [2.45, 2.75) is 6.42 Å². The first-order chi connectivity index (χ1) is 11.5. The first-order valence-corrected chi connectivity index (χ1v) is 8.82. The van der Waals surface area contributed by atoms with Crippen LogP contribution in [0.1, 0.15) is 5.69 Å². The third-order valence-corrected chi connectivity index (χ3v) is 4.84. The lowest BCUT2D eigenvalue weighted by Gasteiger charge is -2.10. The maximum absolute atomic E-state index is 11.7. The van der Waals surface area contributed by atoms with E-state index in [2.05, 4.69) is 10.3 Å². The number of carbonyl (C=O) groups excluding carboxylic acids is 3. The number of hydrogen-bond donors (Lipinski definition) is 1. The summed E-state index contributed by atoms with van der Waals surface area (Å²) in [5, 5.41) is 7.00. The molecule has 0 atom stereocenters. The number of likely N-dealkylation sites (N-methyl/N-ethyl adjacent to an activating group) is 1. The molecule has 128 valence electrons. The van der Waals surface area contributed by atoms with Gasteiger partial charge in [0, 0.05) is 19.5 Å². The van der Waals surface area contributed by atoms with Gasteiger partial charge < -0.3 is 15.0 Å². The number of amides is 2. The number of thiophene rings is 1. The average molecular weight is 367 g/mol. The Bertz CT molecular complexity index is 710. The summed E-state index contributed by atoms with van der Waals surface area (Å²) in [6.45, 7) is -0.541. The van der Waals surface area contributed by atoms with E-state index in [9.17, 15) is 14.4 Å². The molecule has 0 aliphatic rings. The van der Waals surface area contributed by atoms with E-state index in [0.717, 1.165) is 9.88 Å². The van der Waals surface area contributed by atoms with Crippen LogP contribution in [0.5, 0.6) is 0 Å². The molecule has 9 heteroatoms. The summed E-state index contributed by atoms with van der Waals surface area (Å²) in [5.74, 6) is -1.29. The van der Waals surface area contributed by atoms with Crippen LogP contribution in [-0.2, 0) is 25.5 Å². The predicted molar refractivity (Wildman–Crippen MR) is 91.8 cm³/mol. The minimum absolute atomic E-state index is 0.00574. The summed E-state index contributed by atoms with van der Waals surface area (Å²) in [6, 6.07) is 3.90. The van der Waals surface area contributed by atoms with Crippen LogP contribution in [0.25, 0.3) is 9.88 Å². The van der Waals surface area contributed by atoms with Gasteiger partial charge in [0.25, 0.3) is 5.91 Å². The second kappa shape index (κ2) is 8.55. The molecule has 0 aliphatic heterocycles. The van der Waals surface area contributed by atoms with E-state index in [4.69, 9.17) is 4.74 Å². The van der Waals surface area contributed by atoms with Crippen LogP contribution in [0.15, 0.2) is 22.9 Å². The van der Waals surface area contributed by atoms with Crippen LogP contribution in [0.4, 0.5) is 0 Å². The Labute approximate surface area is 147 Å². The second-order valence-corrected chi connectivity index (χ2v) is 6.83. The highest BCUT2D eigenvalue weighted by Gasteiger charge is 2.13. The highest BCUT2D eigenvalue weighted by atomic mass is 32.1. The Morgan fingerprint density at radius 1 is 1.29 bits per heavy atom. The number of carbonyl (C=O) groups is 3. The maximum atomic E-state index is 11.7. The van der Waals surface area contributed by atoms with Gasteiger partial charge in [-0.15, -0.1) is 22.7 Å². The first kappa shape index (κ1) is 18.1. The molecule has 0 bridgehead atoms. The van der Waals surface area contributed by atoms with E-state index < -0.39 is 18.5 Å². The summed E-state index contributed by atoms with van der Waals surface area (Å²) >= 11 is 3.04. The van der Waals surface area contributed by atoms with Crippen molar-refractivity contribution in [2.24, 2.45) is 0 Å². The van der Waals surface area contributed by atoms with E-state index >= 15 is 0 Å². The molecular formula is C15H17N3O4S2. The van der Waals surface area contributed by atoms with Gasteiger partial charge in [-0.1, -0.05) is 6.07 Å². The van der Waals surface area contributed by atoms with Gasteiger partial charge in [-0.05, 0) is 11.4 Å². The molecule has 24 heavy (non-hydrogen) atoms. The zero-order chi connectivity index (χ0) is 17.5. The van der Waals surface area contributed by atoms with Crippen LogP contribution < -0.4 is 5.32 Å². The Balaban J connectivity index is 1.73. The van der Waals surface area contributed by atoms with E-state index in [-0.39, 0.29) is 18.9 Å². The molecule has 2 rings (SSSR count). The largest absolute Gasteiger partial charge is 0.455 e. The van der Waals surface area contributed by atoms with Gasteiger partial charge in [-0.25, -0.2) is 4.98 Å². The van der Waals surface area contributed by atoms with E-state index in [0.29, 0.717) is 5.69 Å². The van der Waals surface area contributed by atoms with Crippen molar-refractivity contribution >= 4 is 40.5 Å². The molecule has 1 N–H and O–H groups in total. The number of thiazole rings is 1. The molecule has 2 heterocycles. The molecular weight excluding hydrogens is 350 g/mol. The highest BCUT2D eigenvalue weighted by molar-refractivity contribution is 7.20. The number of esters is 1. The van der Waals surface area contributed by atoms with Gasteiger partial charge in [-0.2, -0.15) is 0 Å². The van der Waals surface area contributed by atoms with Gasteiger partial charge in [0.1, 0.15) is 5.01 Å². The number of ether oxygens (including phenoxy) is 1. The standard InChI is InChI=1S/C15H17N3O4S2/c1-18(2)13(20)7-16-12(19)8-22-14(21)6-10-9-24-15(17-10)11-4-3-5-23-11/h3-5,9H,6-8H2,1-2H3,(H,16,19). The van der Waals surface area contributed by atoms with Gasteiger partial charge >= 0.3 is 5.97 Å². The van der Waals surface area contributed by atoms with Gasteiger partial charge in [0.2, 0.25) is 5.91 Å². The fourth-order valence-electron chi connectivity index (χ4n) is 1.63. The Morgan fingerprint density at radius 3 is 2.75 bits per heavy atom. The SMILES string of the molecule is CN(C)C(=O)CNC(=O)COC(=O)Cc1csc(-c2cccs2)n1. The van der Waals surface area contributed by atoms with Crippen molar-refractivity contribution in [3.8, 4) is 9.88 Å². The van der Waals surface area contributed by atoms with Crippen molar-refractivity contribution in [1.82, 2.24) is 15.2 Å². The molecule has 0 saturated carbocycles. The van der Waals surface area contributed by atoms with Gasteiger partial charge in [-0.3, -0.25) is 14.4 Å². The predicted octanol–water partition coefficient (Wildman–Crippen LogP) is 1.16. The average Bonchev–Trinajstić information content (AvgIpc) is 3.21. The molecule has 0 aliphatic carbocycles. The quantitative estimate of drug-likeness (QED) is 0.742. The number of nitrogens with zero attached hydrogens (tertiary/aromatic N) is 2. The topological polar surface area (TPSA) is 88.6 Å². The molecule has 2 aromatic heterocycles. The molecule has 0 radical (unpaired) electrons. The summed E-state index contributed by atoms with van der Waals surface area (Å²) < 4.78 is 4.89. The lowest BCUT2D eigenvalue weighted by atomic mass is 10.3. The lowest BCUT2D eigenvalue weighted by Crippen LogP contribution is -2.38. The second-order valence-electron chi connectivity index (χ2n) is 5.02. The monoisotopic (exact) mass is 367 g/mol. The minimum atomic E-state index is -0.535. The fourth-order valence-corrected chi connectivity index (χ4v) is 3.26. The smallest absolute Gasteiger partial charge is 0.312 e. The van der Waals surface area contributed by atoms with Crippen molar-refractivity contribution in [3.63, 3.8) is 0 Å². The Kier molecular flexibility index (Phi) is 6.44. The van der Waals surface area contributed by atoms with E-state index in [1.807, 2.05) is 17.5 Å². The molecule has 0 fully saturated rings. The Morgan fingerprint density at radius 2 is 2.08 bits per heavy atom. The molecule has 7 nitrogen and oxygen atoms in total. The first-order valence-electron chi connectivity index (χ1n) is 7.06. The normalized spacial score (nSPS) is 10.2. The number of nitrogens with one attached hydrogen (secondary N) is 1. The van der Waals surface area contributed by atoms with E-state index in [1.54, 1.807) is 30.8 Å². The fraction of sp³-hybridized carbons (Fsp3) is 0.333. The molecule has 0 saturated heterocycles. The van der Waals surface area contributed by atoms with Crippen molar-refractivity contribution in [1.29, 1.82) is 0 Å². The molecule has 0 spiro atoms. The maximum Gasteiger partial charge on any atom is 0.312 e. The number of aromatic nitrogens is 1. The van der Waals surface area contributed by atoms with Crippen molar-refractivity contribution in [2.75, 3.05) is 27.2 Å². The van der Waals surface area contributed by atoms with Crippen LogP contribution in [0.2, 0.25) is 0 Å². The Hall–Kier alpha value is -2.26. The van der Waals surface area contributed by atoms with Crippen LogP contribution in [-0.4, -0.2) is 54.9 Å². The number of hydrogen-bond acceptors (Lipinski definition) is 7. The zero-order valence-electron chi connectivity index (χ0n) is 13.3. The molecule has 2 aromatic rings. The third kappa shape index (κ3) is 5.43. The summed E-state index contributed by atoms with van der Waals surface area (Å²) in [4.78, 5) is 41.4.